The van der Waals surface area contributed by atoms with Gasteiger partial charge in [-0.2, -0.15) is 0 Å². The Morgan fingerprint density at radius 2 is 1.95 bits per heavy atom. The Balaban J connectivity index is 2.49. The molecule has 0 aromatic heterocycles. The van der Waals surface area contributed by atoms with Crippen molar-refractivity contribution in [3.8, 4) is 0 Å². The number of carbonyl (C=O) groups is 2. The minimum atomic E-state index is -1.22. The zero-order valence-electron chi connectivity index (χ0n) is 12.6. The lowest BCUT2D eigenvalue weighted by molar-refractivity contribution is -0.167. The predicted octanol–water partition coefficient (Wildman–Crippen LogP) is 3.12. The van der Waals surface area contributed by atoms with Gasteiger partial charge >= 0.3 is 5.97 Å². The molecule has 0 amide bonds. The van der Waals surface area contributed by atoms with Crippen LogP contribution in [0.15, 0.2) is 41.7 Å². The summed E-state index contributed by atoms with van der Waals surface area (Å²) in [5.41, 5.74) is 0.0194. The maximum Gasteiger partial charge on any atom is 0.303 e. The molecule has 0 bridgehead atoms. The van der Waals surface area contributed by atoms with E-state index in [0.717, 1.165) is 0 Å². The first kappa shape index (κ1) is 15.3. The topological polar surface area (TPSA) is 52.6 Å². The van der Waals surface area contributed by atoms with Crippen molar-refractivity contribution in [2.24, 2.45) is 0 Å². The Morgan fingerprint density at radius 3 is 2.52 bits per heavy atom. The summed E-state index contributed by atoms with van der Waals surface area (Å²) >= 11 is 0. The fourth-order valence-corrected chi connectivity index (χ4v) is 2.76. The summed E-state index contributed by atoms with van der Waals surface area (Å²) in [4.78, 5) is 24.4. The highest BCUT2D eigenvalue weighted by molar-refractivity contribution is 6.04. The van der Waals surface area contributed by atoms with E-state index >= 15 is 0 Å². The van der Waals surface area contributed by atoms with E-state index in [1.807, 2.05) is 37.3 Å². The molecule has 1 aliphatic rings. The summed E-state index contributed by atoms with van der Waals surface area (Å²) in [7, 11) is 0. The van der Waals surface area contributed by atoms with Crippen molar-refractivity contribution in [3.63, 3.8) is 0 Å². The van der Waals surface area contributed by atoms with Gasteiger partial charge in [-0.3, -0.25) is 9.59 Å². The molecule has 1 atom stereocenters. The van der Waals surface area contributed by atoms with Crippen LogP contribution in [0.3, 0.4) is 0 Å². The molecule has 0 fully saturated rings. The smallest absolute Gasteiger partial charge is 0.303 e. The predicted molar refractivity (Wildman–Crippen MR) is 78.5 cm³/mol. The molecule has 0 radical (unpaired) electrons. The van der Waals surface area contributed by atoms with Gasteiger partial charge in [0.2, 0.25) is 5.78 Å². The Labute approximate surface area is 124 Å². The van der Waals surface area contributed by atoms with Gasteiger partial charge in [0, 0.05) is 30.9 Å². The molecule has 1 aromatic rings. The largest absolute Gasteiger partial charge is 0.498 e. The Bertz CT molecular complexity index is 574. The van der Waals surface area contributed by atoms with Crippen LogP contribution in [0.25, 0.3) is 0 Å². The number of hydrogen-bond acceptors (Lipinski definition) is 4. The lowest BCUT2D eigenvalue weighted by atomic mass is 9.77. The van der Waals surface area contributed by atoms with Crippen molar-refractivity contribution in [2.45, 2.75) is 39.2 Å². The van der Waals surface area contributed by atoms with Gasteiger partial charge in [0.15, 0.2) is 5.60 Å². The number of allylic oxidation sites excluding steroid dienone is 1. The summed E-state index contributed by atoms with van der Waals surface area (Å²) in [5, 5.41) is 0. The van der Waals surface area contributed by atoms with Crippen LogP contribution in [0, 0.1) is 0 Å². The normalized spacial score (nSPS) is 22.1. The first-order valence-electron chi connectivity index (χ1n) is 7.13. The molecular formula is C17H20O4. The van der Waals surface area contributed by atoms with Crippen molar-refractivity contribution < 1.29 is 19.1 Å². The SMILES string of the molecule is CCOC1=C(C)C(=O)C(OC(C)=O)(c2ccccc2)CC1. The van der Waals surface area contributed by atoms with Gasteiger partial charge in [0.1, 0.15) is 5.76 Å². The minimum Gasteiger partial charge on any atom is -0.498 e. The maximum atomic E-state index is 12.9. The average Bonchev–Trinajstić information content (AvgIpc) is 2.48. The van der Waals surface area contributed by atoms with Crippen LogP contribution in [-0.2, 0) is 24.7 Å². The zero-order chi connectivity index (χ0) is 15.5. The van der Waals surface area contributed by atoms with E-state index < -0.39 is 11.6 Å². The highest BCUT2D eigenvalue weighted by Crippen LogP contribution is 2.40. The fraction of sp³-hybridized carbons (Fsp3) is 0.412. The second-order valence-electron chi connectivity index (χ2n) is 5.10. The third-order valence-corrected chi connectivity index (χ3v) is 3.71. The van der Waals surface area contributed by atoms with Crippen LogP contribution >= 0.6 is 0 Å². The number of ether oxygens (including phenoxy) is 2. The van der Waals surface area contributed by atoms with E-state index in [0.29, 0.717) is 36.3 Å². The third-order valence-electron chi connectivity index (χ3n) is 3.71. The maximum absolute atomic E-state index is 12.9. The van der Waals surface area contributed by atoms with Crippen LogP contribution in [-0.4, -0.2) is 18.4 Å². The molecule has 2 rings (SSSR count). The lowest BCUT2D eigenvalue weighted by Crippen LogP contribution is -2.43. The molecule has 0 spiro atoms. The molecule has 0 heterocycles. The second-order valence-corrected chi connectivity index (χ2v) is 5.10. The number of carbonyl (C=O) groups excluding carboxylic acids is 2. The summed E-state index contributed by atoms with van der Waals surface area (Å²) in [6.45, 7) is 5.46. The Kier molecular flexibility index (Phi) is 4.46. The van der Waals surface area contributed by atoms with Gasteiger partial charge in [-0.1, -0.05) is 30.3 Å². The molecule has 21 heavy (non-hydrogen) atoms. The molecule has 0 N–H and O–H groups in total. The molecule has 0 saturated carbocycles. The number of ketones is 1. The molecule has 0 aliphatic heterocycles. The van der Waals surface area contributed by atoms with E-state index in [2.05, 4.69) is 0 Å². The van der Waals surface area contributed by atoms with Crippen molar-refractivity contribution in [1.82, 2.24) is 0 Å². The minimum absolute atomic E-state index is 0.196. The number of benzene rings is 1. The third kappa shape index (κ3) is 2.84. The Morgan fingerprint density at radius 1 is 1.29 bits per heavy atom. The highest BCUT2D eigenvalue weighted by Gasteiger charge is 2.47. The van der Waals surface area contributed by atoms with Crippen LogP contribution < -0.4 is 0 Å². The van der Waals surface area contributed by atoms with Gasteiger partial charge < -0.3 is 9.47 Å². The van der Waals surface area contributed by atoms with Crippen molar-refractivity contribution in [1.29, 1.82) is 0 Å². The number of esters is 1. The lowest BCUT2D eigenvalue weighted by Gasteiger charge is -2.36. The van der Waals surface area contributed by atoms with Crippen molar-refractivity contribution >= 4 is 11.8 Å². The van der Waals surface area contributed by atoms with Crippen LogP contribution in [0.5, 0.6) is 0 Å². The monoisotopic (exact) mass is 288 g/mol. The molecule has 4 heteroatoms. The summed E-state index contributed by atoms with van der Waals surface area (Å²) in [6.07, 6.45) is 0.982. The van der Waals surface area contributed by atoms with E-state index in [1.54, 1.807) is 6.92 Å². The number of hydrogen-bond donors (Lipinski definition) is 0. The fourth-order valence-electron chi connectivity index (χ4n) is 2.76. The quantitative estimate of drug-likeness (QED) is 0.799. The van der Waals surface area contributed by atoms with Crippen LogP contribution in [0.2, 0.25) is 0 Å². The molecule has 1 aliphatic carbocycles. The summed E-state index contributed by atoms with van der Waals surface area (Å²) in [5.74, 6) is 0.0414. The molecule has 1 aromatic carbocycles. The first-order chi connectivity index (χ1) is 10.0. The standard InChI is InChI=1S/C17H20O4/c1-4-20-15-10-11-17(21-13(3)18,16(19)12(15)2)14-8-6-5-7-9-14/h5-9H,4,10-11H2,1-3H3. The van der Waals surface area contributed by atoms with Gasteiger partial charge in [0.05, 0.1) is 6.61 Å². The molecule has 4 nitrogen and oxygen atoms in total. The number of Topliss-reactive ketones (excluding diaryl/α,β-unsaturated/α-hetero) is 1. The van der Waals surface area contributed by atoms with E-state index in [4.69, 9.17) is 9.47 Å². The molecular weight excluding hydrogens is 268 g/mol. The van der Waals surface area contributed by atoms with Gasteiger partial charge in [0.25, 0.3) is 0 Å². The summed E-state index contributed by atoms with van der Waals surface area (Å²) < 4.78 is 11.0. The van der Waals surface area contributed by atoms with Crippen LogP contribution in [0.1, 0.15) is 39.2 Å². The summed E-state index contributed by atoms with van der Waals surface area (Å²) in [6, 6.07) is 9.18. The van der Waals surface area contributed by atoms with Crippen molar-refractivity contribution in [3.05, 3.63) is 47.2 Å². The highest BCUT2D eigenvalue weighted by atomic mass is 16.6. The molecule has 0 saturated heterocycles. The van der Waals surface area contributed by atoms with E-state index in [9.17, 15) is 9.59 Å². The first-order valence-corrected chi connectivity index (χ1v) is 7.13. The second kappa shape index (κ2) is 6.12. The number of rotatable bonds is 4. The molecule has 1 unspecified atom stereocenters. The zero-order valence-corrected chi connectivity index (χ0v) is 12.6. The van der Waals surface area contributed by atoms with Crippen molar-refractivity contribution in [2.75, 3.05) is 6.61 Å². The average molecular weight is 288 g/mol. The molecule has 112 valence electrons. The van der Waals surface area contributed by atoms with Gasteiger partial charge in [-0.15, -0.1) is 0 Å². The van der Waals surface area contributed by atoms with Crippen LogP contribution in [0.4, 0.5) is 0 Å². The van der Waals surface area contributed by atoms with E-state index in [1.165, 1.54) is 6.92 Å². The van der Waals surface area contributed by atoms with Gasteiger partial charge in [-0.05, 0) is 13.8 Å². The van der Waals surface area contributed by atoms with E-state index in [-0.39, 0.29) is 5.78 Å². The Hall–Kier alpha value is -2.10. The van der Waals surface area contributed by atoms with Gasteiger partial charge in [-0.25, -0.2) is 0 Å².